The first-order valence-corrected chi connectivity index (χ1v) is 27.9. The van der Waals surface area contributed by atoms with Crippen LogP contribution in [-0.2, 0) is 42.2 Å². The second-order valence-electron chi connectivity index (χ2n) is 16.9. The standard InChI is InChI=1S/C58H93O11P/c1-4-7-10-13-16-19-21-23-25-27-29-31-33-36-38-41-44-47-56(60)65-51-55(69-58(62)49-46-43-40-37-34-32-30-28-26-24-22-20-17-14-11-8-5-2)53-67-70(63,64)66-52-54(50-59)68-57(61)48-45-42-39-35-18-15-12-9-6-3/h7-8,10-11,16-17,19-20,23-26,29-32,36-38,40,54-55,59H,4-6,9,12-15,18,21-22,27-28,33-35,39,41-53H2,1-3H3,(H,63,64)/b10-7-,11-8-,19-16-,20-17-,25-23-,26-24-,31-29-,32-30-,38-36-,40-37-. The lowest BCUT2D eigenvalue weighted by molar-refractivity contribution is -0.161. The second-order valence-corrected chi connectivity index (χ2v) is 18.4. The minimum atomic E-state index is -4.77. The molecule has 0 rings (SSSR count). The Morgan fingerprint density at radius 2 is 0.743 bits per heavy atom. The molecule has 0 saturated carbocycles. The number of rotatable bonds is 47. The quantitative estimate of drug-likeness (QED) is 0.0197. The molecule has 396 valence electrons. The van der Waals surface area contributed by atoms with E-state index in [1.807, 2.05) is 24.3 Å². The molecule has 0 radical (unpaired) electrons. The van der Waals surface area contributed by atoms with Crippen molar-refractivity contribution in [3.63, 3.8) is 0 Å². The van der Waals surface area contributed by atoms with Crippen molar-refractivity contribution < 1.29 is 52.2 Å². The van der Waals surface area contributed by atoms with Crippen LogP contribution < -0.4 is 0 Å². The van der Waals surface area contributed by atoms with Gasteiger partial charge in [-0.2, -0.15) is 0 Å². The molecule has 0 aliphatic heterocycles. The van der Waals surface area contributed by atoms with Crippen LogP contribution in [0.2, 0.25) is 0 Å². The maximum absolute atomic E-state index is 12.8. The van der Waals surface area contributed by atoms with Crippen LogP contribution in [0.5, 0.6) is 0 Å². The molecule has 0 aromatic heterocycles. The van der Waals surface area contributed by atoms with Crippen LogP contribution in [0.4, 0.5) is 0 Å². The number of carbonyl (C=O) groups excluding carboxylic acids is 3. The summed E-state index contributed by atoms with van der Waals surface area (Å²) in [6.45, 7) is 4.23. The minimum absolute atomic E-state index is 0.0713. The maximum Gasteiger partial charge on any atom is 0.472 e. The third-order valence-electron chi connectivity index (χ3n) is 10.4. The molecule has 0 heterocycles. The number of phosphoric ester groups is 1. The number of allylic oxidation sites excluding steroid dienone is 20. The van der Waals surface area contributed by atoms with Gasteiger partial charge in [0.15, 0.2) is 6.10 Å². The van der Waals surface area contributed by atoms with E-state index < -0.39 is 64.4 Å². The summed E-state index contributed by atoms with van der Waals surface area (Å²) in [4.78, 5) is 48.3. The number of aliphatic hydroxyl groups excluding tert-OH is 1. The second kappa shape index (κ2) is 51.2. The number of hydrogen-bond donors (Lipinski definition) is 2. The van der Waals surface area contributed by atoms with E-state index in [0.717, 1.165) is 83.5 Å². The molecule has 0 aliphatic rings. The Bertz CT molecular complexity index is 1630. The summed E-state index contributed by atoms with van der Waals surface area (Å²) in [5, 5.41) is 9.75. The van der Waals surface area contributed by atoms with Crippen molar-refractivity contribution >= 4 is 25.7 Å². The van der Waals surface area contributed by atoms with Gasteiger partial charge < -0.3 is 24.2 Å². The summed E-state index contributed by atoms with van der Waals surface area (Å²) in [5.41, 5.74) is 0. The monoisotopic (exact) mass is 997 g/mol. The van der Waals surface area contributed by atoms with E-state index in [4.69, 9.17) is 23.3 Å². The van der Waals surface area contributed by atoms with Crippen LogP contribution in [0.1, 0.15) is 188 Å². The minimum Gasteiger partial charge on any atom is -0.462 e. The predicted octanol–water partition coefficient (Wildman–Crippen LogP) is 15.2. The van der Waals surface area contributed by atoms with Crippen LogP contribution in [0.25, 0.3) is 0 Å². The molecular weight excluding hydrogens is 904 g/mol. The van der Waals surface area contributed by atoms with E-state index in [2.05, 4.69) is 118 Å². The van der Waals surface area contributed by atoms with Gasteiger partial charge in [0.2, 0.25) is 0 Å². The molecule has 0 saturated heterocycles. The molecule has 0 aromatic rings. The molecule has 0 aromatic carbocycles. The Balaban J connectivity index is 4.94. The first-order valence-electron chi connectivity index (χ1n) is 26.4. The largest absolute Gasteiger partial charge is 0.472 e. The van der Waals surface area contributed by atoms with Crippen molar-refractivity contribution in [2.24, 2.45) is 0 Å². The van der Waals surface area contributed by atoms with Crippen molar-refractivity contribution in [3.05, 3.63) is 122 Å². The number of phosphoric acid groups is 1. The summed E-state index contributed by atoms with van der Waals surface area (Å²) in [7, 11) is -4.77. The van der Waals surface area contributed by atoms with Crippen molar-refractivity contribution in [3.8, 4) is 0 Å². The molecule has 0 bridgehead atoms. The molecule has 0 fully saturated rings. The van der Waals surface area contributed by atoms with Crippen LogP contribution in [0.3, 0.4) is 0 Å². The molecule has 11 nitrogen and oxygen atoms in total. The molecule has 0 aliphatic carbocycles. The average Bonchev–Trinajstić information content (AvgIpc) is 3.35. The van der Waals surface area contributed by atoms with Crippen molar-refractivity contribution in [1.82, 2.24) is 0 Å². The molecule has 3 atom stereocenters. The molecule has 12 heteroatoms. The van der Waals surface area contributed by atoms with Crippen molar-refractivity contribution in [1.29, 1.82) is 0 Å². The van der Waals surface area contributed by atoms with Gasteiger partial charge in [-0.25, -0.2) is 4.57 Å². The molecule has 2 N–H and O–H groups in total. The summed E-state index contributed by atoms with van der Waals surface area (Å²) < 4.78 is 39.2. The summed E-state index contributed by atoms with van der Waals surface area (Å²) in [6.07, 6.45) is 61.9. The van der Waals surface area contributed by atoms with Gasteiger partial charge in [-0.05, 0) is 96.3 Å². The lowest BCUT2D eigenvalue weighted by atomic mass is 10.1. The van der Waals surface area contributed by atoms with E-state index in [0.29, 0.717) is 32.1 Å². The van der Waals surface area contributed by atoms with E-state index >= 15 is 0 Å². The highest BCUT2D eigenvalue weighted by Gasteiger charge is 2.28. The number of ether oxygens (including phenoxy) is 3. The molecular formula is C58H93O11P. The third kappa shape index (κ3) is 48.9. The van der Waals surface area contributed by atoms with Crippen LogP contribution in [-0.4, -0.2) is 66.5 Å². The van der Waals surface area contributed by atoms with Gasteiger partial charge in [-0.1, -0.05) is 194 Å². The Kier molecular flexibility index (Phi) is 48.2. The van der Waals surface area contributed by atoms with Crippen LogP contribution >= 0.6 is 7.82 Å². The fraction of sp³-hybridized carbons (Fsp3) is 0.603. The smallest absolute Gasteiger partial charge is 0.462 e. The van der Waals surface area contributed by atoms with Crippen molar-refractivity contribution in [2.75, 3.05) is 26.4 Å². The average molecular weight is 997 g/mol. The topological polar surface area (TPSA) is 155 Å². The maximum atomic E-state index is 12.8. The number of carbonyl (C=O) groups is 3. The highest BCUT2D eigenvalue weighted by atomic mass is 31.2. The SMILES string of the molecule is CC/C=C\C/C=C\C/C=C\C/C=C\C/C=C\CCCC(=O)OCC(COP(=O)(O)OCC(CO)OC(=O)CCCCCCCCCCC)OC(=O)CCC/C=C\C/C=C\C/C=C\C/C=C\C/C=C\CC. The Morgan fingerprint density at radius 1 is 0.414 bits per heavy atom. The number of aliphatic hydroxyl groups is 1. The predicted molar refractivity (Wildman–Crippen MR) is 288 cm³/mol. The van der Waals surface area contributed by atoms with Crippen molar-refractivity contribution in [2.45, 2.75) is 200 Å². The van der Waals surface area contributed by atoms with E-state index in [-0.39, 0.29) is 19.3 Å². The summed E-state index contributed by atoms with van der Waals surface area (Å²) in [6, 6.07) is 0. The van der Waals surface area contributed by atoms with Gasteiger partial charge in [0, 0.05) is 19.3 Å². The zero-order valence-electron chi connectivity index (χ0n) is 43.4. The zero-order valence-corrected chi connectivity index (χ0v) is 44.3. The highest BCUT2D eigenvalue weighted by molar-refractivity contribution is 7.47. The van der Waals surface area contributed by atoms with Crippen LogP contribution in [0.15, 0.2) is 122 Å². The molecule has 0 spiro atoms. The number of unbranched alkanes of at least 4 members (excludes halogenated alkanes) is 10. The van der Waals surface area contributed by atoms with Gasteiger partial charge in [0.05, 0.1) is 19.8 Å². The summed E-state index contributed by atoms with van der Waals surface area (Å²) >= 11 is 0. The fourth-order valence-electron chi connectivity index (χ4n) is 6.43. The van der Waals surface area contributed by atoms with Crippen LogP contribution in [0, 0.1) is 0 Å². The van der Waals surface area contributed by atoms with E-state index in [9.17, 15) is 28.9 Å². The molecule has 0 amide bonds. The normalized spacial score (nSPS) is 14.4. The van der Waals surface area contributed by atoms with Gasteiger partial charge >= 0.3 is 25.7 Å². The lowest BCUT2D eigenvalue weighted by Crippen LogP contribution is -2.30. The van der Waals surface area contributed by atoms with Gasteiger partial charge in [0.1, 0.15) is 12.7 Å². The number of esters is 3. The van der Waals surface area contributed by atoms with Gasteiger partial charge in [-0.3, -0.25) is 23.4 Å². The van der Waals surface area contributed by atoms with Gasteiger partial charge in [0.25, 0.3) is 0 Å². The first kappa shape index (κ1) is 65.9. The Labute approximate surface area is 424 Å². The zero-order chi connectivity index (χ0) is 51.3. The number of hydrogen-bond acceptors (Lipinski definition) is 10. The third-order valence-corrected chi connectivity index (χ3v) is 11.3. The molecule has 3 unspecified atom stereocenters. The Morgan fingerprint density at radius 3 is 1.14 bits per heavy atom. The van der Waals surface area contributed by atoms with E-state index in [1.54, 1.807) is 0 Å². The van der Waals surface area contributed by atoms with Gasteiger partial charge in [-0.15, -0.1) is 0 Å². The summed E-state index contributed by atoms with van der Waals surface area (Å²) in [5.74, 6) is -1.62. The lowest BCUT2D eigenvalue weighted by Gasteiger charge is -2.21. The highest BCUT2D eigenvalue weighted by Crippen LogP contribution is 2.43. The molecule has 70 heavy (non-hydrogen) atoms. The Hall–Kier alpha value is -4.12. The first-order chi connectivity index (χ1) is 34.2. The fourth-order valence-corrected chi connectivity index (χ4v) is 7.21. The van der Waals surface area contributed by atoms with E-state index in [1.165, 1.54) is 32.1 Å².